The molecule has 4 aromatic heterocycles. The lowest BCUT2D eigenvalue weighted by Gasteiger charge is -2.39. The number of hydrogen-bond acceptors (Lipinski definition) is 6. The van der Waals surface area contributed by atoms with E-state index in [0.717, 1.165) is 47.4 Å². The molecule has 1 saturated carbocycles. The topological polar surface area (TPSA) is 75.7 Å². The standard InChI is InChI=1S/C20H24N8.H2/c1-4-15-10-23-20-22-9-13(12-27(15)20)17-5-6-28-18(17)11-21-19(25-28)24-14-7-16(8-14)26(2)3;/h5-6,9-12,14,16H,4,7-8H2,1-3H3,(H,24,25);1H. The number of fused-ring (bicyclic) bond motifs is 2. The second-order valence-electron chi connectivity index (χ2n) is 7.69. The Kier molecular flexibility index (Phi) is 4.01. The first-order valence-electron chi connectivity index (χ1n) is 9.72. The van der Waals surface area contributed by atoms with Gasteiger partial charge in [0.25, 0.3) is 0 Å². The molecule has 0 atom stereocenters. The van der Waals surface area contributed by atoms with Crippen molar-refractivity contribution in [2.45, 2.75) is 38.3 Å². The number of aromatic nitrogens is 6. The van der Waals surface area contributed by atoms with E-state index in [0.29, 0.717) is 18.0 Å². The maximum Gasteiger partial charge on any atom is 0.241 e. The molecule has 0 aliphatic heterocycles. The Morgan fingerprint density at radius 1 is 1.18 bits per heavy atom. The number of rotatable bonds is 5. The summed E-state index contributed by atoms with van der Waals surface area (Å²) in [5.41, 5.74) is 4.20. The molecule has 0 radical (unpaired) electrons. The molecule has 8 heteroatoms. The van der Waals surface area contributed by atoms with E-state index in [1.54, 1.807) is 0 Å². The van der Waals surface area contributed by atoms with Crippen molar-refractivity contribution in [3.05, 3.63) is 42.7 Å². The number of nitrogens with zero attached hydrogens (tertiary/aromatic N) is 7. The third kappa shape index (κ3) is 2.80. The molecule has 0 spiro atoms. The van der Waals surface area contributed by atoms with Gasteiger partial charge in [0.05, 0.1) is 17.9 Å². The van der Waals surface area contributed by atoms with Crippen LogP contribution in [0.2, 0.25) is 0 Å². The van der Waals surface area contributed by atoms with E-state index in [1.165, 1.54) is 0 Å². The van der Waals surface area contributed by atoms with Crippen LogP contribution in [-0.2, 0) is 6.42 Å². The van der Waals surface area contributed by atoms with Crippen molar-refractivity contribution >= 4 is 17.2 Å². The minimum absolute atomic E-state index is 0. The molecule has 0 bridgehead atoms. The van der Waals surface area contributed by atoms with Crippen LogP contribution < -0.4 is 5.32 Å². The molecule has 8 nitrogen and oxygen atoms in total. The molecule has 146 valence electrons. The van der Waals surface area contributed by atoms with Crippen LogP contribution in [0.15, 0.2) is 37.1 Å². The summed E-state index contributed by atoms with van der Waals surface area (Å²) < 4.78 is 3.93. The zero-order valence-corrected chi connectivity index (χ0v) is 16.4. The van der Waals surface area contributed by atoms with E-state index in [4.69, 9.17) is 0 Å². The lowest BCUT2D eigenvalue weighted by molar-refractivity contribution is 0.177. The Hall–Kier alpha value is -3.00. The quantitative estimate of drug-likeness (QED) is 0.575. The fourth-order valence-electron chi connectivity index (χ4n) is 3.84. The SMILES string of the molecule is CCc1cnc2ncc(-c3ccn4nc(NC5CC(N(C)C)C5)ncc34)cn12.[HH]. The van der Waals surface area contributed by atoms with Crippen molar-refractivity contribution in [1.29, 1.82) is 0 Å². The zero-order valence-electron chi connectivity index (χ0n) is 16.4. The van der Waals surface area contributed by atoms with Gasteiger partial charge in [-0.25, -0.2) is 19.5 Å². The van der Waals surface area contributed by atoms with Crippen LogP contribution in [0.4, 0.5) is 5.95 Å². The van der Waals surface area contributed by atoms with Gasteiger partial charge in [0.1, 0.15) is 0 Å². The van der Waals surface area contributed by atoms with Gasteiger partial charge in [-0.15, -0.1) is 5.10 Å². The maximum atomic E-state index is 4.64. The van der Waals surface area contributed by atoms with Crippen LogP contribution in [-0.4, -0.2) is 60.0 Å². The summed E-state index contributed by atoms with van der Waals surface area (Å²) in [7, 11) is 4.26. The van der Waals surface area contributed by atoms with Gasteiger partial charge in [0, 0.05) is 48.9 Å². The lowest BCUT2D eigenvalue weighted by Crippen LogP contribution is -2.47. The van der Waals surface area contributed by atoms with Gasteiger partial charge < -0.3 is 10.2 Å². The molecule has 1 aliphatic carbocycles. The minimum atomic E-state index is 0. The number of aryl methyl sites for hydroxylation is 1. The normalized spacial score (nSPS) is 19.4. The molecular weight excluding hydrogens is 352 g/mol. The van der Waals surface area contributed by atoms with Crippen molar-refractivity contribution in [3.8, 4) is 11.1 Å². The lowest BCUT2D eigenvalue weighted by atomic mass is 9.86. The van der Waals surface area contributed by atoms with Gasteiger partial charge in [-0.1, -0.05) is 6.92 Å². The van der Waals surface area contributed by atoms with Gasteiger partial charge in [-0.2, -0.15) is 0 Å². The largest absolute Gasteiger partial charge is 0.350 e. The van der Waals surface area contributed by atoms with E-state index in [-0.39, 0.29) is 1.43 Å². The van der Waals surface area contributed by atoms with Gasteiger partial charge in [-0.3, -0.25) is 4.40 Å². The summed E-state index contributed by atoms with van der Waals surface area (Å²) in [6, 6.07) is 3.16. The van der Waals surface area contributed by atoms with E-state index in [1.807, 2.05) is 33.7 Å². The highest BCUT2D eigenvalue weighted by Gasteiger charge is 2.30. The molecule has 28 heavy (non-hydrogen) atoms. The highest BCUT2D eigenvalue weighted by atomic mass is 15.3. The molecule has 0 unspecified atom stereocenters. The first kappa shape index (κ1) is 17.1. The van der Waals surface area contributed by atoms with Gasteiger partial charge >= 0.3 is 0 Å². The Bertz CT molecular complexity index is 1140. The Morgan fingerprint density at radius 3 is 2.79 bits per heavy atom. The molecular formula is C20H26N8. The molecule has 1 fully saturated rings. The molecule has 4 heterocycles. The molecule has 1 aliphatic rings. The van der Waals surface area contributed by atoms with Crippen LogP contribution in [0.1, 0.15) is 26.9 Å². The molecule has 5 rings (SSSR count). The minimum Gasteiger partial charge on any atom is -0.350 e. The maximum absolute atomic E-state index is 4.64. The smallest absolute Gasteiger partial charge is 0.241 e. The molecule has 1 N–H and O–H groups in total. The van der Waals surface area contributed by atoms with Crippen molar-refractivity contribution in [2.24, 2.45) is 0 Å². The van der Waals surface area contributed by atoms with Crippen LogP contribution in [0, 0.1) is 0 Å². The predicted molar refractivity (Wildman–Crippen MR) is 111 cm³/mol. The van der Waals surface area contributed by atoms with Crippen molar-refractivity contribution in [1.82, 2.24) is 33.9 Å². The Balaban J connectivity index is 0.00000205. The third-order valence-corrected chi connectivity index (χ3v) is 5.71. The Labute approximate surface area is 164 Å². The van der Waals surface area contributed by atoms with Gasteiger partial charge in [0.2, 0.25) is 11.7 Å². The van der Waals surface area contributed by atoms with E-state index >= 15 is 0 Å². The van der Waals surface area contributed by atoms with Crippen LogP contribution in [0.25, 0.3) is 22.4 Å². The summed E-state index contributed by atoms with van der Waals surface area (Å²) in [5.74, 6) is 1.40. The van der Waals surface area contributed by atoms with E-state index in [9.17, 15) is 0 Å². The molecule has 0 aromatic carbocycles. The van der Waals surface area contributed by atoms with Crippen LogP contribution in [0.5, 0.6) is 0 Å². The van der Waals surface area contributed by atoms with Crippen LogP contribution in [0.3, 0.4) is 0 Å². The second kappa shape index (κ2) is 6.56. The van der Waals surface area contributed by atoms with Gasteiger partial charge in [-0.05, 0) is 39.4 Å². The summed E-state index contributed by atoms with van der Waals surface area (Å²) in [4.78, 5) is 15.7. The Morgan fingerprint density at radius 2 is 2.00 bits per heavy atom. The highest BCUT2D eigenvalue weighted by Crippen LogP contribution is 2.28. The van der Waals surface area contributed by atoms with Gasteiger partial charge in [0.15, 0.2) is 0 Å². The first-order chi connectivity index (χ1) is 13.6. The molecule has 0 amide bonds. The van der Waals surface area contributed by atoms with Crippen molar-refractivity contribution < 1.29 is 1.43 Å². The summed E-state index contributed by atoms with van der Waals surface area (Å²) >= 11 is 0. The molecule has 0 saturated heterocycles. The number of imidazole rings is 1. The monoisotopic (exact) mass is 378 g/mol. The highest BCUT2D eigenvalue weighted by molar-refractivity contribution is 5.79. The number of hydrogen-bond donors (Lipinski definition) is 1. The van der Waals surface area contributed by atoms with Crippen LogP contribution >= 0.6 is 0 Å². The first-order valence-corrected chi connectivity index (χ1v) is 9.72. The summed E-state index contributed by atoms with van der Waals surface area (Å²) in [6.07, 6.45) is 12.8. The predicted octanol–water partition coefficient (Wildman–Crippen LogP) is 2.75. The summed E-state index contributed by atoms with van der Waals surface area (Å²) in [6.45, 7) is 2.12. The average Bonchev–Trinajstić information content (AvgIpc) is 3.26. The fourth-order valence-corrected chi connectivity index (χ4v) is 3.84. The van der Waals surface area contributed by atoms with Crippen molar-refractivity contribution in [2.75, 3.05) is 19.4 Å². The number of nitrogens with one attached hydrogen (secondary N) is 1. The second-order valence-corrected chi connectivity index (χ2v) is 7.69. The molecule has 4 aromatic rings. The average molecular weight is 378 g/mol. The fraction of sp³-hybridized carbons (Fsp3) is 0.400. The number of anilines is 1. The third-order valence-electron chi connectivity index (χ3n) is 5.71. The zero-order chi connectivity index (χ0) is 19.3. The van der Waals surface area contributed by atoms with E-state index in [2.05, 4.69) is 63.5 Å². The summed E-state index contributed by atoms with van der Waals surface area (Å²) in [5, 5.41) is 8.09. The van der Waals surface area contributed by atoms with E-state index < -0.39 is 0 Å². The van der Waals surface area contributed by atoms with Crippen molar-refractivity contribution in [3.63, 3.8) is 0 Å².